The molecule has 0 heterocycles. The number of hydrogen-bond donors (Lipinski definition) is 0. The van der Waals surface area contributed by atoms with Gasteiger partial charge in [-0.15, -0.1) is 0 Å². The molecule has 0 aromatic carbocycles. The summed E-state index contributed by atoms with van der Waals surface area (Å²) in [4.78, 5) is 4.13. The summed E-state index contributed by atoms with van der Waals surface area (Å²) in [6.45, 7) is 3.99. The van der Waals surface area contributed by atoms with Crippen molar-refractivity contribution < 1.29 is 0 Å². The topological polar surface area (TPSA) is 12.4 Å². The van der Waals surface area contributed by atoms with Gasteiger partial charge in [0, 0.05) is 5.71 Å². The smallest absolute Gasteiger partial charge is 0.0907 e. The van der Waals surface area contributed by atoms with Crippen LogP contribution >= 0.6 is 22.6 Å². The number of rotatable bonds is 2. The van der Waals surface area contributed by atoms with E-state index in [-0.39, 0.29) is 0 Å². The van der Waals surface area contributed by atoms with Crippen LogP contribution in [0.25, 0.3) is 0 Å². The Bertz CT molecular complexity index is 105. The molecule has 0 spiro atoms. The van der Waals surface area contributed by atoms with Gasteiger partial charge in [0.1, 0.15) is 0 Å². The van der Waals surface area contributed by atoms with E-state index < -0.39 is 0 Å². The highest BCUT2D eigenvalue weighted by atomic mass is 127. The van der Waals surface area contributed by atoms with Crippen molar-refractivity contribution in [2.45, 2.75) is 13.8 Å². The number of aliphatic imine (C=N–C) groups is 1. The molecule has 0 atom stereocenters. The third kappa shape index (κ3) is 4.30. The predicted octanol–water partition coefficient (Wildman–Crippen LogP) is 2.42. The van der Waals surface area contributed by atoms with Gasteiger partial charge >= 0.3 is 0 Å². The standard InChI is InChI=1S/C6H10IN/c1-3-4-6(2)8-5-7/h3-4H,5H2,1-2H3/b4-3-,8-6?. The average Bonchev–Trinajstić information content (AvgIpc) is 1.68. The molecular weight excluding hydrogens is 213 g/mol. The Labute approximate surface area is 64.0 Å². The van der Waals surface area contributed by atoms with E-state index >= 15 is 0 Å². The predicted molar refractivity (Wildman–Crippen MR) is 46.8 cm³/mol. The third-order valence-electron chi connectivity index (χ3n) is 0.717. The van der Waals surface area contributed by atoms with Gasteiger partial charge in [-0.3, -0.25) is 4.99 Å². The number of allylic oxidation sites excluding steroid dienone is 2. The van der Waals surface area contributed by atoms with Crippen molar-refractivity contribution >= 4 is 28.3 Å². The van der Waals surface area contributed by atoms with Crippen LogP contribution in [0.15, 0.2) is 17.1 Å². The van der Waals surface area contributed by atoms with Gasteiger partial charge in [-0.25, -0.2) is 0 Å². The second kappa shape index (κ2) is 5.28. The number of hydrogen-bond acceptors (Lipinski definition) is 1. The van der Waals surface area contributed by atoms with Gasteiger partial charge in [-0.1, -0.05) is 28.7 Å². The van der Waals surface area contributed by atoms with Gasteiger partial charge in [-0.2, -0.15) is 0 Å². The maximum atomic E-state index is 4.13. The highest BCUT2D eigenvalue weighted by Gasteiger charge is 1.75. The van der Waals surface area contributed by atoms with Crippen LogP contribution in [0.4, 0.5) is 0 Å². The van der Waals surface area contributed by atoms with Crippen molar-refractivity contribution in [3.8, 4) is 0 Å². The van der Waals surface area contributed by atoms with Crippen LogP contribution in [0.3, 0.4) is 0 Å². The molecule has 0 aromatic rings. The molecule has 0 amide bonds. The molecule has 1 nitrogen and oxygen atoms in total. The first-order chi connectivity index (χ1) is 3.81. The molecule has 0 aliphatic carbocycles. The molecule has 0 saturated carbocycles. The maximum absolute atomic E-state index is 4.13. The van der Waals surface area contributed by atoms with Gasteiger partial charge in [0.05, 0.1) is 4.55 Å². The SMILES string of the molecule is C/C=C\C(C)=NCI. The van der Waals surface area contributed by atoms with Gasteiger partial charge in [0.15, 0.2) is 0 Å². The molecule has 0 aliphatic heterocycles. The van der Waals surface area contributed by atoms with Crippen LogP contribution in [0.1, 0.15) is 13.8 Å². The van der Waals surface area contributed by atoms with Crippen molar-refractivity contribution in [2.75, 3.05) is 4.55 Å². The normalized spacial score (nSPS) is 13.1. The summed E-state index contributed by atoms with van der Waals surface area (Å²) >= 11 is 2.22. The molecule has 0 radical (unpaired) electrons. The van der Waals surface area contributed by atoms with Crippen molar-refractivity contribution in [1.82, 2.24) is 0 Å². The van der Waals surface area contributed by atoms with Crippen molar-refractivity contribution in [1.29, 1.82) is 0 Å². The summed E-state index contributed by atoms with van der Waals surface area (Å²) in [7, 11) is 0. The average molecular weight is 223 g/mol. The quantitative estimate of drug-likeness (QED) is 0.295. The molecule has 0 unspecified atom stereocenters. The van der Waals surface area contributed by atoms with E-state index in [4.69, 9.17) is 0 Å². The van der Waals surface area contributed by atoms with E-state index in [9.17, 15) is 0 Å². The van der Waals surface area contributed by atoms with Crippen molar-refractivity contribution in [3.05, 3.63) is 12.2 Å². The zero-order valence-electron chi connectivity index (χ0n) is 5.19. The Morgan fingerprint density at radius 2 is 2.38 bits per heavy atom. The number of alkyl halides is 1. The summed E-state index contributed by atoms with van der Waals surface area (Å²) in [5, 5.41) is 0. The summed E-state index contributed by atoms with van der Waals surface area (Å²) in [5.41, 5.74) is 1.10. The first-order valence-corrected chi connectivity index (χ1v) is 4.03. The highest BCUT2D eigenvalue weighted by Crippen LogP contribution is 1.85. The summed E-state index contributed by atoms with van der Waals surface area (Å²) in [6.07, 6.45) is 3.99. The van der Waals surface area contributed by atoms with Crippen LogP contribution < -0.4 is 0 Å². The van der Waals surface area contributed by atoms with E-state index in [1.54, 1.807) is 0 Å². The van der Waals surface area contributed by atoms with Gasteiger partial charge in [-0.05, 0) is 19.9 Å². The second-order valence-electron chi connectivity index (χ2n) is 1.42. The molecule has 0 fully saturated rings. The number of halogens is 1. The molecule has 0 bridgehead atoms. The zero-order chi connectivity index (χ0) is 6.41. The first kappa shape index (κ1) is 8.14. The van der Waals surface area contributed by atoms with E-state index in [0.29, 0.717) is 0 Å². The molecule has 2 heteroatoms. The Balaban J connectivity index is 3.61. The minimum absolute atomic E-state index is 0.855. The lowest BCUT2D eigenvalue weighted by atomic mass is 10.4. The molecule has 0 N–H and O–H groups in total. The molecular formula is C6H10IN. The number of nitrogens with zero attached hydrogens (tertiary/aromatic N) is 1. The van der Waals surface area contributed by atoms with Crippen LogP contribution in [-0.2, 0) is 0 Å². The fourth-order valence-corrected chi connectivity index (χ4v) is 0.926. The Hall–Kier alpha value is 0.140. The minimum Gasteiger partial charge on any atom is -0.280 e. The molecule has 0 saturated heterocycles. The summed E-state index contributed by atoms with van der Waals surface area (Å²) in [5.74, 6) is 0. The Kier molecular flexibility index (Phi) is 5.37. The second-order valence-corrected chi connectivity index (χ2v) is 2.10. The van der Waals surface area contributed by atoms with E-state index in [2.05, 4.69) is 27.6 Å². The van der Waals surface area contributed by atoms with Gasteiger partial charge in [0.2, 0.25) is 0 Å². The van der Waals surface area contributed by atoms with Crippen molar-refractivity contribution in [3.63, 3.8) is 0 Å². The summed E-state index contributed by atoms with van der Waals surface area (Å²) in [6, 6.07) is 0. The summed E-state index contributed by atoms with van der Waals surface area (Å²) < 4.78 is 0.855. The van der Waals surface area contributed by atoms with Gasteiger partial charge < -0.3 is 0 Å². The Morgan fingerprint density at radius 3 is 2.75 bits per heavy atom. The molecule has 46 valence electrons. The lowest BCUT2D eigenvalue weighted by molar-refractivity contribution is 1.40. The monoisotopic (exact) mass is 223 g/mol. The third-order valence-corrected chi connectivity index (χ3v) is 1.06. The maximum Gasteiger partial charge on any atom is 0.0907 e. The molecule has 0 rings (SSSR count). The van der Waals surface area contributed by atoms with Crippen LogP contribution in [0.2, 0.25) is 0 Å². The first-order valence-electron chi connectivity index (χ1n) is 2.51. The Morgan fingerprint density at radius 1 is 1.75 bits per heavy atom. The fraction of sp³-hybridized carbons (Fsp3) is 0.500. The largest absolute Gasteiger partial charge is 0.280 e. The fourth-order valence-electron chi connectivity index (χ4n) is 0.388. The zero-order valence-corrected chi connectivity index (χ0v) is 7.34. The van der Waals surface area contributed by atoms with Crippen LogP contribution in [0, 0.1) is 0 Å². The van der Waals surface area contributed by atoms with E-state index in [0.717, 1.165) is 10.3 Å². The van der Waals surface area contributed by atoms with Gasteiger partial charge in [0.25, 0.3) is 0 Å². The van der Waals surface area contributed by atoms with Crippen molar-refractivity contribution in [2.24, 2.45) is 4.99 Å². The van der Waals surface area contributed by atoms with E-state index in [1.165, 1.54) is 0 Å². The van der Waals surface area contributed by atoms with Crippen LogP contribution in [-0.4, -0.2) is 10.3 Å². The molecule has 0 aromatic heterocycles. The molecule has 8 heavy (non-hydrogen) atoms. The lowest BCUT2D eigenvalue weighted by Crippen LogP contribution is -1.82. The van der Waals surface area contributed by atoms with E-state index in [1.807, 2.05) is 26.0 Å². The highest BCUT2D eigenvalue weighted by molar-refractivity contribution is 14.1. The van der Waals surface area contributed by atoms with Crippen LogP contribution in [0.5, 0.6) is 0 Å². The minimum atomic E-state index is 0.855. The molecule has 0 aliphatic rings. The lowest BCUT2D eigenvalue weighted by Gasteiger charge is -1.84.